The normalized spacial score (nSPS) is 17.2. The zero-order valence-electron chi connectivity index (χ0n) is 11.7. The van der Waals surface area contributed by atoms with E-state index in [1.54, 1.807) is 0 Å². The number of hydrogen-bond acceptors (Lipinski definition) is 1. The molecule has 22 heavy (non-hydrogen) atoms. The van der Waals surface area contributed by atoms with E-state index in [1.807, 2.05) is 0 Å². The molecule has 0 spiro atoms. The molecule has 0 radical (unpaired) electrons. The van der Waals surface area contributed by atoms with Gasteiger partial charge in [-0.05, 0) is 61.0 Å². The Kier molecular flexibility index (Phi) is 5.21. The zero-order valence-corrected chi connectivity index (χ0v) is 16.5. The molecule has 0 amide bonds. The Balaban J connectivity index is 2.04. The molecule has 2 aromatic rings. The van der Waals surface area contributed by atoms with Crippen LogP contribution in [0.1, 0.15) is 6.42 Å². The van der Waals surface area contributed by atoms with E-state index in [0.29, 0.717) is 4.83 Å². The molecule has 0 aliphatic heterocycles. The molecule has 4 heteroatoms. The fraction of sp³-hybridized carbons (Fsp3) is 0.111. The second-order valence-electron chi connectivity index (χ2n) is 5.03. The lowest BCUT2D eigenvalue weighted by Gasteiger charge is -2.28. The quantitative estimate of drug-likeness (QED) is 0.426. The van der Waals surface area contributed by atoms with Gasteiger partial charge in [0.2, 0.25) is 0 Å². The average molecular weight is 484 g/mol. The first-order valence-electron chi connectivity index (χ1n) is 6.97. The van der Waals surface area contributed by atoms with E-state index in [4.69, 9.17) is 0 Å². The van der Waals surface area contributed by atoms with Crippen LogP contribution < -0.4 is 4.90 Å². The highest BCUT2D eigenvalue weighted by atomic mass is 79.9. The third kappa shape index (κ3) is 3.73. The fourth-order valence-corrected chi connectivity index (χ4v) is 3.24. The second kappa shape index (κ2) is 7.16. The SMILES string of the molecule is Brc1ccc(N(C2=CCC(Br)C=C2)c2ccc(Br)cc2)cc1. The standard InChI is InChI=1S/C18H14Br3N/c19-13-1-7-16(8-2-13)22(17-9-3-14(20)4-10-17)18-11-5-15(21)6-12-18/h1-5,7-12,15H,6H2. The average Bonchev–Trinajstić information content (AvgIpc) is 2.53. The summed E-state index contributed by atoms with van der Waals surface area (Å²) in [7, 11) is 0. The van der Waals surface area contributed by atoms with Crippen molar-refractivity contribution in [2.24, 2.45) is 0 Å². The third-order valence-electron chi connectivity index (χ3n) is 3.46. The van der Waals surface area contributed by atoms with Crippen molar-refractivity contribution < 1.29 is 0 Å². The molecule has 0 heterocycles. The molecule has 3 rings (SSSR count). The molecule has 0 bridgehead atoms. The summed E-state index contributed by atoms with van der Waals surface area (Å²) in [5.41, 5.74) is 3.49. The lowest BCUT2D eigenvalue weighted by molar-refractivity contribution is 1.03. The molecule has 0 saturated carbocycles. The van der Waals surface area contributed by atoms with Crippen molar-refractivity contribution in [2.75, 3.05) is 4.90 Å². The highest BCUT2D eigenvalue weighted by Gasteiger charge is 2.15. The molecular formula is C18H14Br3N. The molecule has 1 aliphatic carbocycles. The Bertz CT molecular complexity index is 657. The summed E-state index contributed by atoms with van der Waals surface area (Å²) in [6.45, 7) is 0. The van der Waals surface area contributed by atoms with Gasteiger partial charge in [0.15, 0.2) is 0 Å². The van der Waals surface area contributed by atoms with Crippen molar-refractivity contribution in [1.82, 2.24) is 0 Å². The van der Waals surface area contributed by atoms with Crippen molar-refractivity contribution in [3.05, 3.63) is 81.4 Å². The predicted molar refractivity (Wildman–Crippen MR) is 105 cm³/mol. The van der Waals surface area contributed by atoms with Gasteiger partial charge < -0.3 is 4.90 Å². The summed E-state index contributed by atoms with van der Waals surface area (Å²) in [5, 5.41) is 0. The van der Waals surface area contributed by atoms with Crippen molar-refractivity contribution in [3.8, 4) is 0 Å². The van der Waals surface area contributed by atoms with Crippen molar-refractivity contribution in [1.29, 1.82) is 0 Å². The van der Waals surface area contributed by atoms with Gasteiger partial charge in [-0.25, -0.2) is 0 Å². The Morgan fingerprint density at radius 3 is 1.73 bits per heavy atom. The summed E-state index contributed by atoms with van der Waals surface area (Å²) in [5.74, 6) is 0. The topological polar surface area (TPSA) is 3.24 Å². The van der Waals surface area contributed by atoms with Gasteiger partial charge in [-0.2, -0.15) is 0 Å². The van der Waals surface area contributed by atoms with Gasteiger partial charge in [-0.3, -0.25) is 0 Å². The van der Waals surface area contributed by atoms with Gasteiger partial charge in [0.25, 0.3) is 0 Å². The van der Waals surface area contributed by atoms with Gasteiger partial charge in [-0.15, -0.1) is 0 Å². The smallest absolute Gasteiger partial charge is 0.0462 e. The van der Waals surface area contributed by atoms with E-state index in [-0.39, 0.29) is 0 Å². The molecule has 2 aromatic carbocycles. The maximum Gasteiger partial charge on any atom is 0.0462 e. The van der Waals surface area contributed by atoms with E-state index >= 15 is 0 Å². The van der Waals surface area contributed by atoms with Crippen molar-refractivity contribution in [3.63, 3.8) is 0 Å². The summed E-state index contributed by atoms with van der Waals surface area (Å²) in [6.07, 6.45) is 7.63. The fourth-order valence-electron chi connectivity index (χ4n) is 2.38. The highest BCUT2D eigenvalue weighted by molar-refractivity contribution is 9.10. The van der Waals surface area contributed by atoms with Gasteiger partial charge >= 0.3 is 0 Å². The number of anilines is 2. The Morgan fingerprint density at radius 1 is 0.818 bits per heavy atom. The Morgan fingerprint density at radius 2 is 1.32 bits per heavy atom. The highest BCUT2D eigenvalue weighted by Crippen LogP contribution is 2.34. The zero-order chi connectivity index (χ0) is 15.5. The predicted octanol–water partition coefficient (Wildman–Crippen LogP) is 6.96. The van der Waals surface area contributed by atoms with Gasteiger partial charge in [0, 0.05) is 30.8 Å². The summed E-state index contributed by atoms with van der Waals surface area (Å²) in [4.78, 5) is 2.70. The molecule has 1 unspecified atom stereocenters. The minimum atomic E-state index is 0.424. The van der Waals surface area contributed by atoms with Crippen LogP contribution in [0.2, 0.25) is 0 Å². The van der Waals surface area contributed by atoms with Crippen LogP contribution in [0.3, 0.4) is 0 Å². The molecule has 1 nitrogen and oxygen atoms in total. The van der Waals surface area contributed by atoms with Crippen LogP contribution in [0.4, 0.5) is 11.4 Å². The third-order valence-corrected chi connectivity index (χ3v) is 5.19. The number of hydrogen-bond donors (Lipinski definition) is 0. The minimum Gasteiger partial charge on any atom is -0.311 e. The summed E-state index contributed by atoms with van der Waals surface area (Å²) < 4.78 is 2.17. The van der Waals surface area contributed by atoms with E-state index < -0.39 is 0 Å². The molecule has 1 aliphatic rings. The number of nitrogens with zero attached hydrogens (tertiary/aromatic N) is 1. The molecule has 112 valence electrons. The molecule has 0 N–H and O–H groups in total. The first-order valence-corrected chi connectivity index (χ1v) is 9.47. The van der Waals surface area contributed by atoms with Crippen LogP contribution in [-0.4, -0.2) is 4.83 Å². The van der Waals surface area contributed by atoms with E-state index in [0.717, 1.165) is 26.7 Å². The van der Waals surface area contributed by atoms with E-state index in [9.17, 15) is 0 Å². The molecule has 1 atom stereocenters. The van der Waals surface area contributed by atoms with Crippen LogP contribution >= 0.6 is 47.8 Å². The van der Waals surface area contributed by atoms with E-state index in [2.05, 4.69) is 119 Å². The molecular weight excluding hydrogens is 470 g/mol. The van der Waals surface area contributed by atoms with Crippen LogP contribution in [0.5, 0.6) is 0 Å². The lowest BCUT2D eigenvalue weighted by atomic mass is 10.1. The van der Waals surface area contributed by atoms with Crippen LogP contribution in [0.15, 0.2) is 81.4 Å². The molecule has 0 fully saturated rings. The number of rotatable bonds is 3. The van der Waals surface area contributed by atoms with Crippen LogP contribution in [0.25, 0.3) is 0 Å². The van der Waals surface area contributed by atoms with Crippen LogP contribution in [-0.2, 0) is 0 Å². The maximum absolute atomic E-state index is 3.63. The van der Waals surface area contributed by atoms with Crippen LogP contribution in [0, 0.1) is 0 Å². The molecule has 0 aromatic heterocycles. The largest absolute Gasteiger partial charge is 0.311 e. The summed E-state index contributed by atoms with van der Waals surface area (Å²) in [6, 6.07) is 16.8. The van der Waals surface area contributed by atoms with Gasteiger partial charge in [0.1, 0.15) is 0 Å². The van der Waals surface area contributed by atoms with Crippen molar-refractivity contribution in [2.45, 2.75) is 11.2 Å². The number of halogens is 3. The monoisotopic (exact) mass is 481 g/mol. The van der Waals surface area contributed by atoms with Gasteiger partial charge in [-0.1, -0.05) is 59.9 Å². The molecule has 0 saturated heterocycles. The Labute approximate surface area is 156 Å². The number of allylic oxidation sites excluding steroid dienone is 3. The summed E-state index contributed by atoms with van der Waals surface area (Å²) >= 11 is 10.6. The van der Waals surface area contributed by atoms with E-state index in [1.165, 1.54) is 5.70 Å². The van der Waals surface area contributed by atoms with Gasteiger partial charge in [0.05, 0.1) is 0 Å². The first kappa shape index (κ1) is 16.0. The lowest BCUT2D eigenvalue weighted by Crippen LogP contribution is -2.17. The maximum atomic E-state index is 3.63. The Hall–Kier alpha value is -0.840. The van der Waals surface area contributed by atoms with Crippen molar-refractivity contribution >= 4 is 59.2 Å². The first-order chi connectivity index (χ1) is 10.6. The number of benzene rings is 2. The minimum absolute atomic E-state index is 0.424. The number of alkyl halides is 1. The second-order valence-corrected chi connectivity index (χ2v) is 8.04.